The second kappa shape index (κ2) is 16.0. The molecule has 0 saturated heterocycles. The first kappa shape index (κ1) is 39.6. The number of aromatic amines is 1. The number of anilines is 1. The van der Waals surface area contributed by atoms with E-state index in [-0.39, 0.29) is 5.91 Å². The minimum atomic E-state index is -5.08. The molecule has 11 nitrogen and oxygen atoms in total. The van der Waals surface area contributed by atoms with Crippen LogP contribution in [0.15, 0.2) is 24.3 Å². The first-order valence-corrected chi connectivity index (χ1v) is 16.8. The predicted molar refractivity (Wildman–Crippen MR) is 170 cm³/mol. The van der Waals surface area contributed by atoms with Gasteiger partial charge in [0.1, 0.15) is 17.6 Å². The lowest BCUT2D eigenvalue weighted by Crippen LogP contribution is -2.46. The molecule has 1 unspecified atom stereocenters. The molecule has 7 rings (SSSR count). The van der Waals surface area contributed by atoms with Crippen LogP contribution in [-0.4, -0.2) is 61.5 Å². The van der Waals surface area contributed by atoms with Gasteiger partial charge in [-0.15, -0.1) is 0 Å². The Morgan fingerprint density at radius 1 is 0.882 bits per heavy atom. The van der Waals surface area contributed by atoms with E-state index in [0.29, 0.717) is 28.3 Å². The quantitative estimate of drug-likeness (QED) is 0.152. The standard InChI is InChI=1S/C30H40N4O3.2C2HF3O2/c31-25(29(36)37)22-7-4-8-23(14-22)32-28(35)26-24(33-27(34-26)21-5-2-1-3-6-21)9-10-30-15-18-11-19(16-30)13-20(12-18)17-30;2*3-2(4,5)1(6)7/h4,7-8,14,18-21,25H,1-3,5-6,9-13,15-17,31H2,(H,32,35)(H,33,34)(H,36,37);2*(H,6,7). The fraction of sp³-hybridized carbons (Fsp3) is 0.618. The number of rotatable bonds is 8. The maximum absolute atomic E-state index is 13.5. The third-order valence-corrected chi connectivity index (χ3v) is 10.3. The molecule has 1 amide bonds. The lowest BCUT2D eigenvalue weighted by molar-refractivity contribution is -0.193. The predicted octanol–water partition coefficient (Wildman–Crippen LogP) is 7.21. The van der Waals surface area contributed by atoms with Gasteiger partial charge in [-0.1, -0.05) is 31.4 Å². The summed E-state index contributed by atoms with van der Waals surface area (Å²) < 4.78 is 63.5. The van der Waals surface area contributed by atoms with Crippen LogP contribution in [0.2, 0.25) is 0 Å². The molecule has 1 atom stereocenters. The van der Waals surface area contributed by atoms with Crippen molar-refractivity contribution in [1.29, 1.82) is 0 Å². The van der Waals surface area contributed by atoms with Crippen LogP contribution in [0.3, 0.4) is 0 Å². The SMILES string of the molecule is NC(C(=O)O)c1cccc(NC(=O)c2nc(C3CCCCC3)[nH]c2CCC23CC4CC(CC(C4)C2)C3)c1.O=C(O)C(F)(F)F.O=C(O)C(F)(F)F. The van der Waals surface area contributed by atoms with Crippen LogP contribution in [0.4, 0.5) is 32.0 Å². The molecular weight excluding hydrogens is 690 g/mol. The van der Waals surface area contributed by atoms with E-state index in [0.717, 1.165) is 55.0 Å². The number of benzene rings is 1. The Bertz CT molecular complexity index is 1510. The number of aryl methyl sites for hydroxylation is 1. The van der Waals surface area contributed by atoms with E-state index in [2.05, 4.69) is 10.3 Å². The third kappa shape index (κ3) is 10.7. The summed E-state index contributed by atoms with van der Waals surface area (Å²) in [4.78, 5) is 51.2. The van der Waals surface area contributed by atoms with Gasteiger partial charge in [0.2, 0.25) is 0 Å². The van der Waals surface area contributed by atoms with Gasteiger partial charge in [0, 0.05) is 17.3 Å². The Hall–Kier alpha value is -4.15. The number of imidazole rings is 1. The summed E-state index contributed by atoms with van der Waals surface area (Å²) in [6.07, 6.45) is 6.17. The molecule has 5 aliphatic rings. The monoisotopic (exact) mass is 732 g/mol. The highest BCUT2D eigenvalue weighted by Gasteiger charge is 2.50. The number of carboxylic acids is 3. The highest BCUT2D eigenvalue weighted by atomic mass is 19.4. The Labute approximate surface area is 289 Å². The molecular formula is C34H42F6N4O7. The van der Waals surface area contributed by atoms with Gasteiger partial charge in [-0.3, -0.25) is 9.59 Å². The number of alkyl halides is 6. The molecule has 1 heterocycles. The van der Waals surface area contributed by atoms with Gasteiger partial charge in [-0.05, 0) is 105 Å². The van der Waals surface area contributed by atoms with E-state index in [1.165, 1.54) is 57.8 Å². The number of hydrogen-bond donors (Lipinski definition) is 6. The number of aliphatic carboxylic acids is 3. The highest BCUT2D eigenvalue weighted by molar-refractivity contribution is 6.03. The van der Waals surface area contributed by atoms with Crippen LogP contribution in [0.25, 0.3) is 0 Å². The van der Waals surface area contributed by atoms with Crippen molar-refractivity contribution in [2.75, 3.05) is 5.32 Å². The number of amides is 1. The summed E-state index contributed by atoms with van der Waals surface area (Å²) in [5, 5.41) is 26.5. The van der Waals surface area contributed by atoms with Gasteiger partial charge in [-0.25, -0.2) is 14.6 Å². The number of nitrogens with one attached hydrogen (secondary N) is 2. The zero-order valence-corrected chi connectivity index (χ0v) is 27.7. The second-order valence-corrected chi connectivity index (χ2v) is 14.2. The maximum Gasteiger partial charge on any atom is 0.490 e. The number of carboxylic acid groups (broad SMARTS) is 3. The lowest BCUT2D eigenvalue weighted by Gasteiger charge is -2.57. The Kier molecular flexibility index (Phi) is 12.5. The van der Waals surface area contributed by atoms with Gasteiger partial charge in [0.25, 0.3) is 5.91 Å². The van der Waals surface area contributed by atoms with Crippen molar-refractivity contribution in [1.82, 2.24) is 9.97 Å². The number of aromatic nitrogens is 2. The maximum atomic E-state index is 13.5. The summed E-state index contributed by atoms with van der Waals surface area (Å²) in [5.41, 5.74) is 8.69. The fourth-order valence-corrected chi connectivity index (χ4v) is 8.50. The molecule has 5 aliphatic carbocycles. The first-order chi connectivity index (χ1) is 23.8. The Morgan fingerprint density at radius 3 is 1.86 bits per heavy atom. The minimum Gasteiger partial charge on any atom is -0.480 e. The summed E-state index contributed by atoms with van der Waals surface area (Å²) in [6.45, 7) is 0. The molecule has 7 N–H and O–H groups in total. The van der Waals surface area contributed by atoms with E-state index in [1.54, 1.807) is 24.3 Å². The van der Waals surface area contributed by atoms with Gasteiger partial charge in [0.15, 0.2) is 0 Å². The van der Waals surface area contributed by atoms with Crippen molar-refractivity contribution < 1.29 is 60.8 Å². The molecule has 0 radical (unpaired) electrons. The second-order valence-electron chi connectivity index (χ2n) is 14.2. The normalized spacial score (nSPS) is 24.7. The summed E-state index contributed by atoms with van der Waals surface area (Å²) in [7, 11) is 0. The number of nitrogens with zero attached hydrogens (tertiary/aromatic N) is 1. The molecule has 5 saturated carbocycles. The van der Waals surface area contributed by atoms with E-state index < -0.39 is 36.3 Å². The molecule has 51 heavy (non-hydrogen) atoms. The topological polar surface area (TPSA) is 196 Å². The van der Waals surface area contributed by atoms with E-state index in [1.807, 2.05) is 0 Å². The number of halogens is 6. The average molecular weight is 733 g/mol. The zero-order valence-electron chi connectivity index (χ0n) is 27.7. The number of nitrogens with two attached hydrogens (primary N) is 1. The van der Waals surface area contributed by atoms with Crippen LogP contribution < -0.4 is 11.1 Å². The molecule has 282 valence electrons. The van der Waals surface area contributed by atoms with Gasteiger partial charge < -0.3 is 31.4 Å². The summed E-state index contributed by atoms with van der Waals surface area (Å²) >= 11 is 0. The van der Waals surface area contributed by atoms with Crippen LogP contribution in [0.5, 0.6) is 0 Å². The molecule has 2 aromatic rings. The Balaban J connectivity index is 0.000000353. The first-order valence-electron chi connectivity index (χ1n) is 16.8. The largest absolute Gasteiger partial charge is 0.490 e. The van der Waals surface area contributed by atoms with Crippen molar-refractivity contribution >= 4 is 29.5 Å². The minimum absolute atomic E-state index is 0.236. The molecule has 0 spiro atoms. The van der Waals surface area contributed by atoms with Crippen LogP contribution >= 0.6 is 0 Å². The molecule has 1 aromatic heterocycles. The summed E-state index contributed by atoms with van der Waals surface area (Å²) in [5.74, 6) is -2.74. The summed E-state index contributed by atoms with van der Waals surface area (Å²) in [6, 6.07) is 5.66. The van der Waals surface area contributed by atoms with Crippen molar-refractivity contribution in [2.45, 2.75) is 108 Å². The average Bonchev–Trinajstić information content (AvgIpc) is 3.48. The molecule has 0 aliphatic heterocycles. The number of H-pyrrole nitrogens is 1. The third-order valence-electron chi connectivity index (χ3n) is 10.3. The van der Waals surface area contributed by atoms with E-state index >= 15 is 0 Å². The number of carbonyl (C=O) groups is 4. The van der Waals surface area contributed by atoms with E-state index in [4.69, 9.17) is 30.5 Å². The van der Waals surface area contributed by atoms with Crippen molar-refractivity contribution in [3.63, 3.8) is 0 Å². The number of carbonyl (C=O) groups excluding carboxylic acids is 1. The highest BCUT2D eigenvalue weighted by Crippen LogP contribution is 2.61. The van der Waals surface area contributed by atoms with Gasteiger partial charge >= 0.3 is 30.3 Å². The molecule has 1 aromatic carbocycles. The van der Waals surface area contributed by atoms with Crippen LogP contribution in [0.1, 0.15) is 117 Å². The Morgan fingerprint density at radius 2 is 1.39 bits per heavy atom. The van der Waals surface area contributed by atoms with Crippen molar-refractivity contribution in [3.05, 3.63) is 47.0 Å². The van der Waals surface area contributed by atoms with Gasteiger partial charge in [-0.2, -0.15) is 26.3 Å². The fourth-order valence-electron chi connectivity index (χ4n) is 8.50. The molecule has 5 fully saturated rings. The molecule has 17 heteroatoms. The van der Waals surface area contributed by atoms with E-state index in [9.17, 15) is 41.0 Å². The number of hydrogen-bond acceptors (Lipinski definition) is 6. The lowest BCUT2D eigenvalue weighted by atomic mass is 9.48. The van der Waals surface area contributed by atoms with Gasteiger partial charge in [0.05, 0.1) is 0 Å². The smallest absolute Gasteiger partial charge is 0.480 e. The van der Waals surface area contributed by atoms with Crippen LogP contribution in [0, 0.1) is 23.2 Å². The van der Waals surface area contributed by atoms with Crippen molar-refractivity contribution in [3.8, 4) is 0 Å². The zero-order chi connectivity index (χ0) is 37.7. The van der Waals surface area contributed by atoms with Crippen molar-refractivity contribution in [2.24, 2.45) is 28.9 Å². The van der Waals surface area contributed by atoms with Crippen LogP contribution in [-0.2, 0) is 20.8 Å². The molecule has 4 bridgehead atoms.